The van der Waals surface area contributed by atoms with Gasteiger partial charge in [-0.2, -0.15) is 0 Å². The van der Waals surface area contributed by atoms with Gasteiger partial charge in [-0.25, -0.2) is 9.59 Å². The molecule has 0 bridgehead atoms. The normalized spacial score (nSPS) is 11.3. The molecule has 1 heterocycles. The molecule has 0 spiro atoms. The molecule has 0 aliphatic rings. The standard InChI is InChI=1S/C14H17N3O4/c1-9(10(2)13(19)20)12(18)17-14(21)16-7-5-11-4-3-6-15-8-11/h3-4,6,8H,5,7H2,1-2H3,(H,19,20)(H2,16,17,18,21). The molecule has 112 valence electrons. The van der Waals surface area contributed by atoms with Gasteiger partial charge in [0.1, 0.15) is 0 Å². The zero-order chi connectivity index (χ0) is 15.8. The Hall–Kier alpha value is -2.70. The van der Waals surface area contributed by atoms with Gasteiger partial charge in [-0.1, -0.05) is 6.07 Å². The number of nitrogens with one attached hydrogen (secondary N) is 2. The Morgan fingerprint density at radius 2 is 1.95 bits per heavy atom. The summed E-state index contributed by atoms with van der Waals surface area (Å²) in [6.07, 6.45) is 3.93. The van der Waals surface area contributed by atoms with Crippen LogP contribution in [0.1, 0.15) is 19.4 Å². The summed E-state index contributed by atoms with van der Waals surface area (Å²) in [5.74, 6) is -1.92. The largest absolute Gasteiger partial charge is 0.478 e. The fraction of sp³-hybridized carbons (Fsp3) is 0.286. The molecular formula is C14H17N3O4. The summed E-state index contributed by atoms with van der Waals surface area (Å²) >= 11 is 0. The third kappa shape index (κ3) is 5.43. The predicted octanol–water partition coefficient (Wildman–Crippen LogP) is 0.871. The summed E-state index contributed by atoms with van der Waals surface area (Å²) in [6, 6.07) is 3.00. The zero-order valence-electron chi connectivity index (χ0n) is 11.8. The van der Waals surface area contributed by atoms with Crippen molar-refractivity contribution in [2.45, 2.75) is 20.3 Å². The Balaban J connectivity index is 2.42. The molecule has 0 saturated heterocycles. The number of rotatable bonds is 5. The van der Waals surface area contributed by atoms with E-state index in [0.717, 1.165) is 5.56 Å². The number of carboxylic acids is 1. The van der Waals surface area contributed by atoms with Crippen LogP contribution in [-0.2, 0) is 16.0 Å². The first-order valence-corrected chi connectivity index (χ1v) is 6.30. The average molecular weight is 291 g/mol. The van der Waals surface area contributed by atoms with Gasteiger partial charge in [-0.15, -0.1) is 0 Å². The van der Waals surface area contributed by atoms with Crippen LogP contribution < -0.4 is 10.6 Å². The number of carbonyl (C=O) groups is 3. The van der Waals surface area contributed by atoms with Crippen LogP contribution in [-0.4, -0.2) is 34.5 Å². The lowest BCUT2D eigenvalue weighted by atomic mass is 10.1. The molecule has 1 aromatic heterocycles. The van der Waals surface area contributed by atoms with Gasteiger partial charge in [-0.05, 0) is 31.9 Å². The van der Waals surface area contributed by atoms with Gasteiger partial charge in [0.15, 0.2) is 0 Å². The number of amides is 3. The highest BCUT2D eigenvalue weighted by molar-refractivity contribution is 6.07. The van der Waals surface area contributed by atoms with Crippen molar-refractivity contribution in [3.63, 3.8) is 0 Å². The fourth-order valence-electron chi connectivity index (χ4n) is 1.44. The molecule has 0 aromatic carbocycles. The maximum absolute atomic E-state index is 11.6. The Labute approximate surface area is 122 Å². The third-order valence-corrected chi connectivity index (χ3v) is 2.87. The summed E-state index contributed by atoms with van der Waals surface area (Å²) in [5, 5.41) is 13.4. The zero-order valence-corrected chi connectivity index (χ0v) is 11.8. The summed E-state index contributed by atoms with van der Waals surface area (Å²) < 4.78 is 0. The maximum atomic E-state index is 11.6. The van der Waals surface area contributed by atoms with Crippen molar-refractivity contribution in [2.75, 3.05) is 6.54 Å². The Morgan fingerprint density at radius 3 is 2.52 bits per heavy atom. The van der Waals surface area contributed by atoms with E-state index in [2.05, 4.69) is 15.6 Å². The highest BCUT2D eigenvalue weighted by Crippen LogP contribution is 2.03. The second-order valence-electron chi connectivity index (χ2n) is 4.38. The minimum absolute atomic E-state index is 0.00934. The third-order valence-electron chi connectivity index (χ3n) is 2.87. The van der Waals surface area contributed by atoms with Crippen molar-refractivity contribution >= 4 is 17.9 Å². The number of nitrogens with zero attached hydrogens (tertiary/aromatic N) is 1. The number of aliphatic carboxylic acids is 1. The monoisotopic (exact) mass is 291 g/mol. The molecule has 3 N–H and O–H groups in total. The minimum Gasteiger partial charge on any atom is -0.478 e. The smallest absolute Gasteiger partial charge is 0.331 e. The second-order valence-corrected chi connectivity index (χ2v) is 4.38. The van der Waals surface area contributed by atoms with Gasteiger partial charge in [0.05, 0.1) is 0 Å². The number of hydrogen-bond donors (Lipinski definition) is 3. The molecule has 21 heavy (non-hydrogen) atoms. The number of aromatic nitrogens is 1. The molecule has 1 rings (SSSR count). The minimum atomic E-state index is -1.19. The van der Waals surface area contributed by atoms with Crippen molar-refractivity contribution < 1.29 is 19.5 Å². The quantitative estimate of drug-likeness (QED) is 0.698. The van der Waals surface area contributed by atoms with Gasteiger partial charge in [-0.3, -0.25) is 15.1 Å². The molecule has 0 atom stereocenters. The Bertz CT molecular complexity index is 567. The van der Waals surface area contributed by atoms with Gasteiger partial charge in [0.2, 0.25) is 0 Å². The molecule has 7 heteroatoms. The van der Waals surface area contributed by atoms with Crippen LogP contribution >= 0.6 is 0 Å². The van der Waals surface area contributed by atoms with Gasteiger partial charge in [0.25, 0.3) is 5.91 Å². The van der Waals surface area contributed by atoms with E-state index in [-0.39, 0.29) is 11.1 Å². The predicted molar refractivity (Wildman–Crippen MR) is 75.5 cm³/mol. The molecular weight excluding hydrogens is 274 g/mol. The molecule has 7 nitrogen and oxygen atoms in total. The Morgan fingerprint density at radius 1 is 1.24 bits per heavy atom. The highest BCUT2D eigenvalue weighted by atomic mass is 16.4. The summed E-state index contributed by atoms with van der Waals surface area (Å²) in [7, 11) is 0. The molecule has 0 aliphatic heterocycles. The topological polar surface area (TPSA) is 108 Å². The molecule has 0 unspecified atom stereocenters. The van der Waals surface area contributed by atoms with Crippen molar-refractivity contribution in [2.24, 2.45) is 0 Å². The van der Waals surface area contributed by atoms with E-state index in [1.807, 2.05) is 6.07 Å². The molecule has 0 fully saturated rings. The Kier molecular flexibility index (Phi) is 6.06. The maximum Gasteiger partial charge on any atom is 0.331 e. The lowest BCUT2D eigenvalue weighted by molar-refractivity contribution is -0.133. The fourth-order valence-corrected chi connectivity index (χ4v) is 1.44. The first-order chi connectivity index (χ1) is 9.91. The van der Waals surface area contributed by atoms with Crippen LogP contribution in [0, 0.1) is 0 Å². The number of imide groups is 1. The molecule has 0 radical (unpaired) electrons. The van der Waals surface area contributed by atoms with E-state index >= 15 is 0 Å². The number of urea groups is 1. The van der Waals surface area contributed by atoms with Crippen molar-refractivity contribution in [3.05, 3.63) is 41.2 Å². The van der Waals surface area contributed by atoms with Crippen molar-refractivity contribution in [1.29, 1.82) is 0 Å². The first kappa shape index (κ1) is 16.4. The average Bonchev–Trinajstić information content (AvgIpc) is 2.46. The highest BCUT2D eigenvalue weighted by Gasteiger charge is 2.14. The summed E-state index contributed by atoms with van der Waals surface area (Å²) in [6.45, 7) is 2.99. The van der Waals surface area contributed by atoms with Crippen molar-refractivity contribution in [1.82, 2.24) is 15.6 Å². The summed E-state index contributed by atoms with van der Waals surface area (Å²) in [5.41, 5.74) is 0.850. The van der Waals surface area contributed by atoms with Gasteiger partial charge < -0.3 is 10.4 Å². The molecule has 0 saturated carbocycles. The number of carbonyl (C=O) groups excluding carboxylic acids is 2. The number of pyridine rings is 1. The lowest BCUT2D eigenvalue weighted by Gasteiger charge is -2.08. The lowest BCUT2D eigenvalue weighted by Crippen LogP contribution is -2.41. The summed E-state index contributed by atoms with van der Waals surface area (Å²) in [4.78, 5) is 37.8. The van der Waals surface area contributed by atoms with E-state index in [1.54, 1.807) is 18.5 Å². The SMILES string of the molecule is CC(C(=O)O)=C(C)C(=O)NC(=O)NCCc1cccnc1. The number of carboxylic acid groups (broad SMARTS) is 1. The van der Waals surface area contributed by atoms with E-state index in [1.165, 1.54) is 13.8 Å². The van der Waals surface area contributed by atoms with E-state index in [4.69, 9.17) is 5.11 Å². The van der Waals surface area contributed by atoms with Crippen LogP contribution in [0.25, 0.3) is 0 Å². The van der Waals surface area contributed by atoms with Gasteiger partial charge >= 0.3 is 12.0 Å². The number of hydrogen-bond acceptors (Lipinski definition) is 4. The van der Waals surface area contributed by atoms with Crippen LogP contribution in [0.4, 0.5) is 4.79 Å². The van der Waals surface area contributed by atoms with Crippen LogP contribution in [0.15, 0.2) is 35.7 Å². The van der Waals surface area contributed by atoms with Gasteiger partial charge in [0, 0.05) is 30.1 Å². The molecule has 1 aromatic rings. The van der Waals surface area contributed by atoms with E-state index < -0.39 is 17.9 Å². The van der Waals surface area contributed by atoms with Crippen LogP contribution in [0.3, 0.4) is 0 Å². The van der Waals surface area contributed by atoms with Crippen LogP contribution in [0.5, 0.6) is 0 Å². The molecule has 3 amide bonds. The van der Waals surface area contributed by atoms with E-state index in [9.17, 15) is 14.4 Å². The second kappa shape index (κ2) is 7.78. The van der Waals surface area contributed by atoms with Crippen molar-refractivity contribution in [3.8, 4) is 0 Å². The van der Waals surface area contributed by atoms with Crippen LogP contribution in [0.2, 0.25) is 0 Å². The first-order valence-electron chi connectivity index (χ1n) is 6.30. The molecule has 0 aliphatic carbocycles. The van der Waals surface area contributed by atoms with E-state index in [0.29, 0.717) is 13.0 Å².